The molecule has 0 aromatic carbocycles. The van der Waals surface area contributed by atoms with Crippen LogP contribution < -0.4 is 5.32 Å². The Hall–Kier alpha value is -0.940. The molecule has 108 valence electrons. The molecule has 1 saturated heterocycles. The summed E-state index contributed by atoms with van der Waals surface area (Å²) in [7, 11) is 0. The van der Waals surface area contributed by atoms with E-state index in [1.165, 1.54) is 0 Å². The zero-order valence-electron chi connectivity index (χ0n) is 12.6. The van der Waals surface area contributed by atoms with Crippen LogP contribution in [0.15, 0.2) is 4.52 Å². The zero-order chi connectivity index (χ0) is 14.1. The van der Waals surface area contributed by atoms with E-state index in [9.17, 15) is 0 Å². The highest BCUT2D eigenvalue weighted by Gasteiger charge is 2.45. The smallest absolute Gasteiger partial charge is 0.226 e. The molecule has 0 bridgehead atoms. The fourth-order valence-electron chi connectivity index (χ4n) is 2.77. The molecule has 2 rings (SSSR count). The molecule has 1 N–H and O–H groups in total. The van der Waals surface area contributed by atoms with Crippen molar-refractivity contribution in [2.24, 2.45) is 0 Å². The summed E-state index contributed by atoms with van der Waals surface area (Å²) >= 11 is 0. The first kappa shape index (κ1) is 14.5. The van der Waals surface area contributed by atoms with Crippen LogP contribution >= 0.6 is 0 Å². The number of hydrogen-bond acceptors (Lipinski definition) is 5. The van der Waals surface area contributed by atoms with Crippen molar-refractivity contribution in [3.63, 3.8) is 0 Å². The molecule has 1 fully saturated rings. The van der Waals surface area contributed by atoms with Crippen LogP contribution in [0.2, 0.25) is 0 Å². The summed E-state index contributed by atoms with van der Waals surface area (Å²) in [6.45, 7) is 11.2. The van der Waals surface area contributed by atoms with Gasteiger partial charge in [0.2, 0.25) is 5.89 Å². The van der Waals surface area contributed by atoms with Gasteiger partial charge in [-0.15, -0.1) is 0 Å². The van der Waals surface area contributed by atoms with Crippen LogP contribution in [-0.2, 0) is 17.7 Å². The van der Waals surface area contributed by atoms with E-state index in [0.717, 1.165) is 31.0 Å². The van der Waals surface area contributed by atoms with E-state index in [1.807, 2.05) is 0 Å². The zero-order valence-corrected chi connectivity index (χ0v) is 12.6. The van der Waals surface area contributed by atoms with Crippen LogP contribution in [0.4, 0.5) is 0 Å². The number of aromatic nitrogens is 2. The number of aryl methyl sites for hydroxylation is 1. The molecule has 5 nitrogen and oxygen atoms in total. The Morgan fingerprint density at radius 3 is 2.63 bits per heavy atom. The van der Waals surface area contributed by atoms with Crippen molar-refractivity contribution in [3.8, 4) is 0 Å². The number of nitrogens with zero attached hydrogens (tertiary/aromatic N) is 2. The predicted octanol–water partition coefficient (Wildman–Crippen LogP) is 2.46. The van der Waals surface area contributed by atoms with E-state index in [4.69, 9.17) is 9.26 Å². The minimum atomic E-state index is -0.167. The fourth-order valence-corrected chi connectivity index (χ4v) is 2.77. The van der Waals surface area contributed by atoms with E-state index < -0.39 is 0 Å². The van der Waals surface area contributed by atoms with Gasteiger partial charge in [0.15, 0.2) is 5.82 Å². The summed E-state index contributed by atoms with van der Waals surface area (Å²) in [6, 6.07) is 0.302. The van der Waals surface area contributed by atoms with Crippen molar-refractivity contribution in [3.05, 3.63) is 11.7 Å². The van der Waals surface area contributed by atoms with Gasteiger partial charge in [-0.25, -0.2) is 0 Å². The lowest BCUT2D eigenvalue weighted by molar-refractivity contribution is -0.0699. The summed E-state index contributed by atoms with van der Waals surface area (Å²) in [5.41, 5.74) is -0.245. The topological polar surface area (TPSA) is 60.2 Å². The van der Waals surface area contributed by atoms with Gasteiger partial charge in [-0.2, -0.15) is 4.98 Å². The monoisotopic (exact) mass is 267 g/mol. The maximum atomic E-state index is 6.05. The van der Waals surface area contributed by atoms with E-state index in [1.54, 1.807) is 0 Å². The first-order valence-corrected chi connectivity index (χ1v) is 7.07. The highest BCUT2D eigenvalue weighted by molar-refractivity contribution is 4.99. The average Bonchev–Trinajstić information content (AvgIpc) is 2.78. The molecular formula is C14H25N3O2. The van der Waals surface area contributed by atoms with Gasteiger partial charge in [-0.1, -0.05) is 12.1 Å². The molecule has 2 heterocycles. The van der Waals surface area contributed by atoms with Crippen molar-refractivity contribution in [2.45, 2.75) is 77.7 Å². The highest BCUT2D eigenvalue weighted by Crippen LogP contribution is 2.37. The third-order valence-corrected chi connectivity index (χ3v) is 3.55. The first-order valence-electron chi connectivity index (χ1n) is 7.07. The van der Waals surface area contributed by atoms with Gasteiger partial charge in [0, 0.05) is 12.5 Å². The Morgan fingerprint density at radius 2 is 2.05 bits per heavy atom. The molecule has 19 heavy (non-hydrogen) atoms. The Kier molecular flexibility index (Phi) is 3.97. The van der Waals surface area contributed by atoms with E-state index >= 15 is 0 Å². The number of nitrogens with one attached hydrogen (secondary N) is 1. The van der Waals surface area contributed by atoms with Crippen LogP contribution in [0, 0.1) is 0 Å². The molecule has 1 aliphatic rings. The lowest BCUT2D eigenvalue weighted by atomic mass is 9.94. The molecule has 1 unspecified atom stereocenters. The minimum absolute atomic E-state index is 0.0776. The molecule has 0 amide bonds. The standard InChI is InChI=1S/C14H25N3O2/c1-6-7-12-16-11(17-18-12)9-15-10-8-13(2,3)19-14(10,4)5/h10,15H,6-9H2,1-5H3. The number of rotatable bonds is 5. The molecule has 0 radical (unpaired) electrons. The van der Waals surface area contributed by atoms with Crippen molar-refractivity contribution in [1.82, 2.24) is 15.5 Å². The molecular weight excluding hydrogens is 242 g/mol. The van der Waals surface area contributed by atoms with Gasteiger partial charge in [-0.3, -0.25) is 0 Å². The van der Waals surface area contributed by atoms with Crippen molar-refractivity contribution in [1.29, 1.82) is 0 Å². The SMILES string of the molecule is CCCc1nc(CNC2CC(C)(C)OC2(C)C)no1. The van der Waals surface area contributed by atoms with Crippen LogP contribution in [-0.4, -0.2) is 27.4 Å². The summed E-state index contributed by atoms with van der Waals surface area (Å²) in [4.78, 5) is 4.36. The van der Waals surface area contributed by atoms with Gasteiger partial charge in [0.25, 0.3) is 0 Å². The van der Waals surface area contributed by atoms with Crippen molar-refractivity contribution >= 4 is 0 Å². The third-order valence-electron chi connectivity index (χ3n) is 3.55. The second-order valence-corrected chi connectivity index (χ2v) is 6.46. The van der Waals surface area contributed by atoms with Gasteiger partial charge < -0.3 is 14.6 Å². The highest BCUT2D eigenvalue weighted by atomic mass is 16.5. The number of hydrogen-bond donors (Lipinski definition) is 1. The summed E-state index contributed by atoms with van der Waals surface area (Å²) in [6.07, 6.45) is 2.85. The predicted molar refractivity (Wildman–Crippen MR) is 72.8 cm³/mol. The maximum absolute atomic E-state index is 6.05. The van der Waals surface area contributed by atoms with Crippen LogP contribution in [0.25, 0.3) is 0 Å². The molecule has 1 aromatic rings. The Bertz CT molecular complexity index is 426. The Labute approximate surface area is 115 Å². The second-order valence-electron chi connectivity index (χ2n) is 6.46. The summed E-state index contributed by atoms with van der Waals surface area (Å²) in [5, 5.41) is 7.48. The average molecular weight is 267 g/mol. The first-order chi connectivity index (χ1) is 8.82. The van der Waals surface area contributed by atoms with E-state index in [0.29, 0.717) is 12.6 Å². The molecule has 1 aliphatic heterocycles. The lowest BCUT2D eigenvalue weighted by Gasteiger charge is -2.27. The third kappa shape index (κ3) is 3.54. The summed E-state index contributed by atoms with van der Waals surface area (Å²) in [5.74, 6) is 1.45. The fraction of sp³-hybridized carbons (Fsp3) is 0.857. The second kappa shape index (κ2) is 5.21. The minimum Gasteiger partial charge on any atom is -0.368 e. The molecule has 0 saturated carbocycles. The van der Waals surface area contributed by atoms with Gasteiger partial charge in [0.05, 0.1) is 17.7 Å². The van der Waals surface area contributed by atoms with E-state index in [-0.39, 0.29) is 11.2 Å². The Morgan fingerprint density at radius 1 is 1.32 bits per heavy atom. The van der Waals surface area contributed by atoms with Crippen LogP contribution in [0.5, 0.6) is 0 Å². The van der Waals surface area contributed by atoms with Crippen molar-refractivity contribution < 1.29 is 9.26 Å². The van der Waals surface area contributed by atoms with Crippen molar-refractivity contribution in [2.75, 3.05) is 0 Å². The number of ether oxygens (including phenoxy) is 1. The summed E-state index contributed by atoms with van der Waals surface area (Å²) < 4.78 is 11.2. The van der Waals surface area contributed by atoms with Crippen LogP contribution in [0.3, 0.4) is 0 Å². The molecule has 0 spiro atoms. The van der Waals surface area contributed by atoms with Crippen LogP contribution in [0.1, 0.15) is 59.2 Å². The van der Waals surface area contributed by atoms with E-state index in [2.05, 4.69) is 50.1 Å². The van der Waals surface area contributed by atoms with Gasteiger partial charge >= 0.3 is 0 Å². The molecule has 0 aliphatic carbocycles. The normalized spacial score (nSPS) is 24.8. The lowest BCUT2D eigenvalue weighted by Crippen LogP contribution is -2.43. The molecule has 1 atom stereocenters. The molecule has 1 aromatic heterocycles. The Balaban J connectivity index is 1.91. The quantitative estimate of drug-likeness (QED) is 0.888. The van der Waals surface area contributed by atoms with Gasteiger partial charge in [0.1, 0.15) is 0 Å². The molecule has 5 heteroatoms. The largest absolute Gasteiger partial charge is 0.368 e. The maximum Gasteiger partial charge on any atom is 0.226 e. The van der Waals surface area contributed by atoms with Gasteiger partial charge in [-0.05, 0) is 40.5 Å².